The van der Waals surface area contributed by atoms with Crippen LogP contribution in [0.5, 0.6) is 11.5 Å². The van der Waals surface area contributed by atoms with Crippen molar-refractivity contribution in [3.05, 3.63) is 133 Å². The average molecular weight is 514 g/mol. The molecule has 5 nitrogen and oxygen atoms in total. The topological polar surface area (TPSA) is 55.8 Å². The van der Waals surface area contributed by atoms with Gasteiger partial charge in [-0.2, -0.15) is 0 Å². The molecule has 0 bridgehead atoms. The minimum absolute atomic E-state index is 0.464. The lowest BCUT2D eigenvalue weighted by Crippen LogP contribution is -2.17. The van der Waals surface area contributed by atoms with Crippen LogP contribution in [-0.4, -0.2) is 11.9 Å². The van der Waals surface area contributed by atoms with Crippen molar-refractivity contribution in [1.82, 2.24) is 0 Å². The van der Waals surface area contributed by atoms with E-state index in [9.17, 15) is 9.59 Å². The van der Waals surface area contributed by atoms with E-state index in [-0.39, 0.29) is 0 Å². The molecule has 5 aromatic carbocycles. The average Bonchev–Trinajstić information content (AvgIpc) is 2.96. The molecule has 0 saturated heterocycles. The molecule has 5 rings (SSSR count). The van der Waals surface area contributed by atoms with Crippen LogP contribution in [0.3, 0.4) is 0 Å². The number of carbonyl (C=O) groups is 2. The maximum absolute atomic E-state index is 12.0. The van der Waals surface area contributed by atoms with Gasteiger partial charge in [0.25, 0.3) is 0 Å². The highest BCUT2D eigenvalue weighted by molar-refractivity contribution is 6.05. The molecule has 0 aliphatic carbocycles. The number of esters is 2. The maximum atomic E-state index is 12.0. The quantitative estimate of drug-likeness (QED) is 0.120. The van der Waals surface area contributed by atoms with E-state index in [2.05, 4.69) is 61.4 Å². The maximum Gasteiger partial charge on any atom is 0.335 e. The first-order chi connectivity index (χ1) is 19.0. The Bertz CT molecular complexity index is 1610. The van der Waals surface area contributed by atoms with Crippen LogP contribution in [0.15, 0.2) is 122 Å². The van der Waals surface area contributed by atoms with Crippen molar-refractivity contribution in [3.8, 4) is 11.5 Å². The van der Waals surface area contributed by atoms with Crippen LogP contribution in [0.1, 0.15) is 11.1 Å². The monoisotopic (exact) mass is 513 g/mol. The van der Waals surface area contributed by atoms with E-state index in [4.69, 9.17) is 9.47 Å². The van der Waals surface area contributed by atoms with Crippen LogP contribution in [0.25, 0.3) is 21.5 Å². The van der Waals surface area contributed by atoms with Crippen molar-refractivity contribution in [2.45, 2.75) is 13.5 Å². The Labute approximate surface area is 227 Å². The SMILES string of the molecule is C=CC(=O)Oc1cccc2c(N(Cc3ccc(C)cc3)c3cccc4c(OC(=O)C=C)cccc34)cccc12. The second-order valence-corrected chi connectivity index (χ2v) is 9.08. The summed E-state index contributed by atoms with van der Waals surface area (Å²) in [4.78, 5) is 26.3. The summed E-state index contributed by atoms with van der Waals surface area (Å²) in [5, 5.41) is 3.45. The molecule has 0 unspecified atom stereocenters. The van der Waals surface area contributed by atoms with Gasteiger partial charge < -0.3 is 14.4 Å². The van der Waals surface area contributed by atoms with Crippen LogP contribution >= 0.6 is 0 Å². The molecule has 0 heterocycles. The zero-order valence-corrected chi connectivity index (χ0v) is 21.6. The smallest absolute Gasteiger partial charge is 0.335 e. The number of benzene rings is 5. The predicted molar refractivity (Wildman–Crippen MR) is 157 cm³/mol. The molecule has 0 amide bonds. The Morgan fingerprint density at radius 1 is 0.641 bits per heavy atom. The summed E-state index contributed by atoms with van der Waals surface area (Å²) < 4.78 is 11.1. The number of hydrogen-bond acceptors (Lipinski definition) is 5. The van der Waals surface area contributed by atoms with Gasteiger partial charge in [-0.1, -0.05) is 91.5 Å². The molecule has 0 aliphatic heterocycles. The normalized spacial score (nSPS) is 10.7. The summed E-state index contributed by atoms with van der Waals surface area (Å²) >= 11 is 0. The Hall–Kier alpha value is -5.16. The number of nitrogens with zero attached hydrogens (tertiary/aromatic N) is 1. The number of rotatable bonds is 8. The van der Waals surface area contributed by atoms with Gasteiger partial charge in [0.05, 0.1) is 0 Å². The minimum atomic E-state index is -0.514. The van der Waals surface area contributed by atoms with E-state index in [0.717, 1.165) is 50.6 Å². The van der Waals surface area contributed by atoms with Crippen LogP contribution in [0.4, 0.5) is 11.4 Å². The highest BCUT2D eigenvalue weighted by atomic mass is 16.5. The zero-order valence-electron chi connectivity index (χ0n) is 21.6. The van der Waals surface area contributed by atoms with Gasteiger partial charge in [-0.3, -0.25) is 0 Å². The van der Waals surface area contributed by atoms with Crippen molar-refractivity contribution >= 4 is 44.9 Å². The van der Waals surface area contributed by atoms with Crippen LogP contribution in [-0.2, 0) is 16.1 Å². The lowest BCUT2D eigenvalue weighted by Gasteiger charge is -2.28. The van der Waals surface area contributed by atoms with E-state index in [0.29, 0.717) is 18.0 Å². The molecule has 5 heteroatoms. The van der Waals surface area contributed by atoms with Crippen LogP contribution in [0.2, 0.25) is 0 Å². The standard InChI is InChI=1S/C34H27NO4/c1-4-33(36)38-31-16-8-10-25-27(31)12-6-14-29(25)35(22-24-20-18-23(3)19-21-24)30-15-7-13-28-26(30)11-9-17-32(28)39-34(37)5-2/h4-21H,1-2,22H2,3H3. The number of fused-ring (bicyclic) bond motifs is 2. The summed E-state index contributed by atoms with van der Waals surface area (Å²) in [5.41, 5.74) is 4.18. The summed E-state index contributed by atoms with van der Waals surface area (Å²) in [6, 6.07) is 31.6. The fourth-order valence-corrected chi connectivity index (χ4v) is 4.65. The molecule has 0 spiro atoms. The molecule has 0 saturated carbocycles. The molecule has 39 heavy (non-hydrogen) atoms. The fraction of sp³-hybridized carbons (Fsp3) is 0.0588. The van der Waals surface area contributed by atoms with E-state index in [1.54, 1.807) is 12.1 Å². The third kappa shape index (κ3) is 5.29. The Morgan fingerprint density at radius 2 is 1.08 bits per heavy atom. The molecule has 0 atom stereocenters. The number of carbonyl (C=O) groups excluding carboxylic acids is 2. The van der Waals surface area contributed by atoms with E-state index in [1.807, 2.05) is 48.5 Å². The number of anilines is 2. The van der Waals surface area contributed by atoms with Gasteiger partial charge in [0.1, 0.15) is 11.5 Å². The van der Waals surface area contributed by atoms with Gasteiger partial charge in [0.15, 0.2) is 0 Å². The van der Waals surface area contributed by atoms with Crippen molar-refractivity contribution in [1.29, 1.82) is 0 Å². The number of aryl methyl sites for hydroxylation is 1. The third-order valence-electron chi connectivity index (χ3n) is 6.52. The third-order valence-corrected chi connectivity index (χ3v) is 6.52. The zero-order chi connectivity index (χ0) is 27.4. The van der Waals surface area contributed by atoms with Crippen molar-refractivity contribution in [2.24, 2.45) is 0 Å². The highest BCUT2D eigenvalue weighted by Gasteiger charge is 2.19. The largest absolute Gasteiger partial charge is 0.423 e. The molecule has 0 aliphatic rings. The van der Waals surface area contributed by atoms with Crippen LogP contribution < -0.4 is 14.4 Å². The van der Waals surface area contributed by atoms with Gasteiger partial charge in [-0.15, -0.1) is 0 Å². The minimum Gasteiger partial charge on any atom is -0.423 e. The first-order valence-electron chi connectivity index (χ1n) is 12.5. The Kier molecular flexibility index (Phi) is 7.23. The van der Waals surface area contributed by atoms with E-state index >= 15 is 0 Å². The van der Waals surface area contributed by atoms with Crippen molar-refractivity contribution in [2.75, 3.05) is 4.90 Å². The van der Waals surface area contributed by atoms with Crippen LogP contribution in [0, 0.1) is 6.92 Å². The van der Waals surface area contributed by atoms with Crippen molar-refractivity contribution in [3.63, 3.8) is 0 Å². The molecule has 0 N–H and O–H groups in total. The Morgan fingerprint density at radius 3 is 1.54 bits per heavy atom. The van der Waals surface area contributed by atoms with Gasteiger partial charge in [0.2, 0.25) is 0 Å². The molecule has 5 aromatic rings. The Balaban J connectivity index is 1.72. The summed E-state index contributed by atoms with van der Waals surface area (Å²) in [5.74, 6) is -0.0997. The van der Waals surface area contributed by atoms with Crippen molar-refractivity contribution < 1.29 is 19.1 Å². The number of ether oxygens (including phenoxy) is 2. The summed E-state index contributed by atoms with van der Waals surface area (Å²) in [6.45, 7) is 9.67. The lowest BCUT2D eigenvalue weighted by atomic mass is 10.0. The van der Waals surface area contributed by atoms with Gasteiger partial charge in [-0.25, -0.2) is 9.59 Å². The molecule has 0 radical (unpaired) electrons. The molecule has 192 valence electrons. The first-order valence-corrected chi connectivity index (χ1v) is 12.5. The predicted octanol–water partition coefficient (Wildman–Crippen LogP) is 7.82. The second-order valence-electron chi connectivity index (χ2n) is 9.08. The van der Waals surface area contributed by atoms with Gasteiger partial charge in [-0.05, 0) is 36.8 Å². The first kappa shape index (κ1) is 25.5. The fourth-order valence-electron chi connectivity index (χ4n) is 4.65. The second kappa shape index (κ2) is 11.1. The molecular weight excluding hydrogens is 486 g/mol. The van der Waals surface area contributed by atoms with E-state index < -0.39 is 11.9 Å². The van der Waals surface area contributed by atoms with E-state index in [1.165, 1.54) is 5.56 Å². The number of hydrogen-bond donors (Lipinski definition) is 0. The van der Waals surface area contributed by atoms with Gasteiger partial charge in [0, 0.05) is 51.6 Å². The summed E-state index contributed by atoms with van der Waals surface area (Å²) in [6.07, 6.45) is 2.30. The molecular formula is C34H27NO4. The highest BCUT2D eigenvalue weighted by Crippen LogP contribution is 2.41. The summed E-state index contributed by atoms with van der Waals surface area (Å²) in [7, 11) is 0. The lowest BCUT2D eigenvalue weighted by molar-refractivity contribution is -0.129. The van der Waals surface area contributed by atoms with Gasteiger partial charge >= 0.3 is 11.9 Å². The molecule has 0 aromatic heterocycles. The molecule has 0 fully saturated rings.